The Kier molecular flexibility index (Phi) is 12.8. The normalized spacial score (nSPS) is 11.4. The first kappa shape index (κ1) is 33.3. The van der Waals surface area contributed by atoms with E-state index in [9.17, 15) is 14.7 Å². The Balaban J connectivity index is 0.000000408. The first-order valence-corrected chi connectivity index (χ1v) is 14.3. The summed E-state index contributed by atoms with van der Waals surface area (Å²) in [5.41, 5.74) is 6.19. The molecule has 0 aliphatic rings. The van der Waals surface area contributed by atoms with Crippen LogP contribution in [-0.2, 0) is 23.1 Å². The molecule has 0 aliphatic heterocycles. The molecular weight excluding hydrogens is 512 g/mol. The quantitative estimate of drug-likeness (QED) is 0.214. The number of aromatic carboxylic acids is 1. The third kappa shape index (κ3) is 9.89. The van der Waals surface area contributed by atoms with Gasteiger partial charge in [-0.15, -0.1) is 0 Å². The lowest BCUT2D eigenvalue weighted by Gasteiger charge is -2.21. The number of hydrogen-bond acceptors (Lipinski definition) is 4. The summed E-state index contributed by atoms with van der Waals surface area (Å²) in [4.78, 5) is 29.2. The van der Waals surface area contributed by atoms with Gasteiger partial charge in [0.2, 0.25) is 5.91 Å². The zero-order chi connectivity index (χ0) is 30.6. The number of carboxylic acid groups (broad SMARTS) is 1. The maximum atomic E-state index is 11.7. The number of amides is 1. The first-order valence-electron chi connectivity index (χ1n) is 14.3. The van der Waals surface area contributed by atoms with Gasteiger partial charge in [-0.2, -0.15) is 0 Å². The molecule has 6 nitrogen and oxygen atoms in total. The van der Waals surface area contributed by atoms with Crippen molar-refractivity contribution in [2.24, 2.45) is 4.99 Å². The van der Waals surface area contributed by atoms with E-state index < -0.39 is 5.97 Å². The standard InChI is InChI=1S/C23H28N2O4.C12H18/c1-5-25(16(2)26)22(24-3)11-7-9-17-8-6-10-18(14-17)19-12-13-21(29-4)20(15-19)23(27)28;1-5-10-6-8-11(9-7-10)12(2,3)4/h6,8,10,12-15H,5,7,9,11H2,1-4H3,(H,27,28);6-9H,5H2,1-4H3. The predicted octanol–water partition coefficient (Wildman–Crippen LogP) is 7.83. The fourth-order valence-corrected chi connectivity index (χ4v) is 4.61. The van der Waals surface area contributed by atoms with Crippen molar-refractivity contribution in [3.8, 4) is 16.9 Å². The van der Waals surface area contributed by atoms with Crippen LogP contribution in [-0.4, -0.2) is 48.4 Å². The summed E-state index contributed by atoms with van der Waals surface area (Å²) in [6.45, 7) is 13.0. The van der Waals surface area contributed by atoms with Crippen molar-refractivity contribution in [3.63, 3.8) is 0 Å². The molecule has 0 unspecified atom stereocenters. The lowest BCUT2D eigenvalue weighted by Crippen LogP contribution is -2.35. The minimum atomic E-state index is -1.02. The van der Waals surface area contributed by atoms with E-state index in [1.54, 1.807) is 31.0 Å². The number of ether oxygens (including phenoxy) is 1. The monoisotopic (exact) mass is 558 g/mol. The van der Waals surface area contributed by atoms with Gasteiger partial charge in [-0.3, -0.25) is 9.79 Å². The van der Waals surface area contributed by atoms with Gasteiger partial charge in [-0.05, 0) is 71.6 Å². The van der Waals surface area contributed by atoms with Gasteiger partial charge in [0.25, 0.3) is 0 Å². The molecule has 0 aliphatic carbocycles. The van der Waals surface area contributed by atoms with Crippen LogP contribution in [0.25, 0.3) is 11.1 Å². The number of aryl methyl sites for hydroxylation is 2. The van der Waals surface area contributed by atoms with Gasteiger partial charge >= 0.3 is 5.97 Å². The smallest absolute Gasteiger partial charge is 0.339 e. The molecule has 41 heavy (non-hydrogen) atoms. The zero-order valence-corrected chi connectivity index (χ0v) is 26.0. The highest BCUT2D eigenvalue weighted by molar-refractivity contribution is 5.97. The molecule has 0 bridgehead atoms. The highest BCUT2D eigenvalue weighted by atomic mass is 16.5. The molecular formula is C35H46N2O4. The van der Waals surface area contributed by atoms with E-state index >= 15 is 0 Å². The van der Waals surface area contributed by atoms with Gasteiger partial charge in [-0.1, -0.05) is 82.3 Å². The molecule has 1 N–H and O–H groups in total. The van der Waals surface area contributed by atoms with Crippen molar-refractivity contribution in [2.75, 3.05) is 20.7 Å². The number of methoxy groups -OCH3 is 1. The second-order valence-corrected chi connectivity index (χ2v) is 11.0. The highest BCUT2D eigenvalue weighted by Gasteiger charge is 2.15. The van der Waals surface area contributed by atoms with E-state index in [1.807, 2.05) is 25.1 Å². The van der Waals surface area contributed by atoms with Crippen LogP contribution in [0.5, 0.6) is 5.75 Å². The van der Waals surface area contributed by atoms with Gasteiger partial charge in [-0.25, -0.2) is 4.79 Å². The van der Waals surface area contributed by atoms with Crippen molar-refractivity contribution in [2.45, 2.75) is 72.6 Å². The third-order valence-electron chi connectivity index (χ3n) is 7.05. The SMILES string of the molecule is CCN(C(C)=O)C(CCCc1cccc(-c2ccc(OC)c(C(=O)O)c2)c1)=NC.CCc1ccc(C(C)(C)C)cc1. The van der Waals surface area contributed by atoms with Crippen LogP contribution >= 0.6 is 0 Å². The number of hydrogen-bond donors (Lipinski definition) is 1. The average molecular weight is 559 g/mol. The van der Waals surface area contributed by atoms with E-state index in [-0.39, 0.29) is 16.9 Å². The van der Waals surface area contributed by atoms with Crippen molar-refractivity contribution >= 4 is 17.7 Å². The van der Waals surface area contributed by atoms with Crippen LogP contribution in [0.1, 0.15) is 81.4 Å². The number of carbonyl (C=O) groups excluding carboxylic acids is 1. The lowest BCUT2D eigenvalue weighted by atomic mass is 9.86. The van der Waals surface area contributed by atoms with E-state index in [4.69, 9.17) is 4.74 Å². The number of aliphatic imine (C=N–C) groups is 1. The summed E-state index contributed by atoms with van der Waals surface area (Å²) in [6.07, 6.45) is 3.55. The number of carboxylic acids is 1. The van der Waals surface area contributed by atoms with Gasteiger partial charge in [0, 0.05) is 26.9 Å². The maximum absolute atomic E-state index is 11.7. The topological polar surface area (TPSA) is 79.2 Å². The van der Waals surface area contributed by atoms with Gasteiger partial charge in [0.05, 0.1) is 7.11 Å². The summed E-state index contributed by atoms with van der Waals surface area (Å²) in [5, 5.41) is 9.40. The molecule has 1 amide bonds. The average Bonchev–Trinajstić information content (AvgIpc) is 2.96. The second kappa shape index (κ2) is 15.8. The largest absolute Gasteiger partial charge is 0.496 e. The second-order valence-electron chi connectivity index (χ2n) is 11.0. The molecule has 0 atom stereocenters. The van der Waals surface area contributed by atoms with Crippen molar-refractivity contribution in [3.05, 3.63) is 89.0 Å². The number of nitrogens with zero attached hydrogens (tertiary/aromatic N) is 2. The van der Waals surface area contributed by atoms with Crippen LogP contribution in [0, 0.1) is 0 Å². The van der Waals surface area contributed by atoms with Crippen LogP contribution in [0.3, 0.4) is 0 Å². The molecule has 6 heteroatoms. The molecule has 220 valence electrons. The summed E-state index contributed by atoms with van der Waals surface area (Å²) in [7, 11) is 3.17. The Morgan fingerprint density at radius 1 is 0.927 bits per heavy atom. The molecule has 3 aromatic rings. The molecule has 0 aromatic heterocycles. The highest BCUT2D eigenvalue weighted by Crippen LogP contribution is 2.28. The minimum Gasteiger partial charge on any atom is -0.496 e. The molecule has 0 heterocycles. The van der Waals surface area contributed by atoms with E-state index in [1.165, 1.54) is 18.2 Å². The molecule has 3 rings (SSSR count). The van der Waals surface area contributed by atoms with Gasteiger partial charge in [0.15, 0.2) is 0 Å². The molecule has 3 aromatic carbocycles. The summed E-state index contributed by atoms with van der Waals surface area (Å²) in [6, 6.07) is 22.1. The predicted molar refractivity (Wildman–Crippen MR) is 169 cm³/mol. The van der Waals surface area contributed by atoms with Crippen LogP contribution in [0.15, 0.2) is 71.7 Å². The van der Waals surface area contributed by atoms with Crippen molar-refractivity contribution < 1.29 is 19.4 Å². The fraction of sp³-hybridized carbons (Fsp3) is 0.400. The summed E-state index contributed by atoms with van der Waals surface area (Å²) >= 11 is 0. The van der Waals surface area contributed by atoms with Crippen molar-refractivity contribution in [1.82, 2.24) is 4.90 Å². The molecule has 0 radical (unpaired) electrons. The van der Waals surface area contributed by atoms with Crippen LogP contribution in [0.4, 0.5) is 0 Å². The number of amidine groups is 1. The first-order chi connectivity index (χ1) is 19.4. The lowest BCUT2D eigenvalue weighted by molar-refractivity contribution is -0.125. The van der Waals surface area contributed by atoms with E-state index in [0.29, 0.717) is 12.3 Å². The Bertz CT molecular complexity index is 1320. The molecule has 0 fully saturated rings. The Morgan fingerprint density at radius 2 is 1.59 bits per heavy atom. The van der Waals surface area contributed by atoms with Gasteiger partial charge < -0.3 is 14.7 Å². The minimum absolute atomic E-state index is 0.00355. The zero-order valence-electron chi connectivity index (χ0n) is 26.0. The third-order valence-corrected chi connectivity index (χ3v) is 7.05. The molecule has 0 saturated heterocycles. The van der Waals surface area contributed by atoms with Gasteiger partial charge in [0.1, 0.15) is 17.1 Å². The number of carbonyl (C=O) groups is 2. The van der Waals surface area contributed by atoms with Crippen LogP contribution < -0.4 is 4.74 Å². The summed E-state index contributed by atoms with van der Waals surface area (Å²) in [5.74, 6) is 0.133. The number of benzene rings is 3. The van der Waals surface area contributed by atoms with E-state index in [0.717, 1.165) is 48.2 Å². The molecule has 0 spiro atoms. The fourth-order valence-electron chi connectivity index (χ4n) is 4.61. The van der Waals surface area contributed by atoms with Crippen molar-refractivity contribution in [1.29, 1.82) is 0 Å². The Morgan fingerprint density at radius 3 is 2.10 bits per heavy atom. The Labute approximate surface area is 246 Å². The maximum Gasteiger partial charge on any atom is 0.339 e. The molecule has 0 saturated carbocycles. The van der Waals surface area contributed by atoms with E-state index in [2.05, 4.69) is 69.1 Å². The number of rotatable bonds is 9. The summed E-state index contributed by atoms with van der Waals surface area (Å²) < 4.78 is 5.13. The Hall–Kier alpha value is -3.93. The van der Waals surface area contributed by atoms with Crippen LogP contribution in [0.2, 0.25) is 0 Å².